The third-order valence-electron chi connectivity index (χ3n) is 21.2. The van der Waals surface area contributed by atoms with Crippen LogP contribution in [0.4, 0.5) is 0 Å². The number of fused-ring (bicyclic) bond motifs is 2. The Kier molecular flexibility index (Phi) is 41.2. The fourth-order valence-corrected chi connectivity index (χ4v) is 16.1. The molecule has 2 unspecified atom stereocenters. The summed E-state index contributed by atoms with van der Waals surface area (Å²) < 4.78 is 20.4. The second-order valence-electron chi connectivity index (χ2n) is 29.5. The Bertz CT molecular complexity index is 3750. The van der Waals surface area contributed by atoms with E-state index in [-0.39, 0.29) is 112 Å². The molecule has 7 amide bonds. The summed E-state index contributed by atoms with van der Waals surface area (Å²) in [6.45, 7) is 2.77. The zero-order chi connectivity index (χ0) is 81.0. The number of hydrogen-bond acceptors (Lipinski definition) is 27. The van der Waals surface area contributed by atoms with Gasteiger partial charge in [0, 0.05) is 94.0 Å². The van der Waals surface area contributed by atoms with Crippen LogP contribution in [-0.2, 0) is 58.9 Å². The van der Waals surface area contributed by atoms with Gasteiger partial charge in [-0.15, -0.1) is 14.5 Å². The molecule has 618 valence electrons. The molecule has 4 aliphatic heterocycles. The van der Waals surface area contributed by atoms with Crippen LogP contribution in [0.3, 0.4) is 0 Å². The van der Waals surface area contributed by atoms with Gasteiger partial charge in [-0.1, -0.05) is 87.8 Å². The van der Waals surface area contributed by atoms with Gasteiger partial charge in [0.25, 0.3) is 18.2 Å². The number of quaternary nitrogens is 1. The maximum Gasteiger partial charge on any atom is 1.00 e. The molecular weight excluding hydrogens is 1550 g/mol. The number of amides is 7. The van der Waals surface area contributed by atoms with Crippen molar-refractivity contribution in [1.82, 2.24) is 46.6 Å². The Balaban J connectivity index is 0.0000101. The molecule has 1 aromatic heterocycles. The molecule has 4 aliphatic rings. The average molecular weight is 1650 g/mol. The topological polar surface area (TPSA) is 500 Å². The van der Waals surface area contributed by atoms with Crippen molar-refractivity contribution in [3.05, 3.63) is 77.9 Å². The van der Waals surface area contributed by atoms with Gasteiger partial charge in [0.05, 0.1) is 62.9 Å². The van der Waals surface area contributed by atoms with Gasteiger partial charge in [-0.2, -0.15) is 0 Å². The first-order chi connectivity index (χ1) is 53.7. The number of phenols is 1. The van der Waals surface area contributed by atoms with Gasteiger partial charge in [0.2, 0.25) is 35.4 Å². The summed E-state index contributed by atoms with van der Waals surface area (Å²) in [6, 6.07) is 4.33. The molecule has 38 heteroatoms. The molecule has 3 aromatic carbocycles. The monoisotopic (exact) mass is 1650 g/mol. The van der Waals surface area contributed by atoms with Crippen LogP contribution in [0.5, 0.6) is 17.2 Å². The van der Waals surface area contributed by atoms with E-state index in [1.165, 1.54) is 36.5 Å². The summed E-state index contributed by atoms with van der Waals surface area (Å²) in [5.41, 5.74) is 1.43. The summed E-state index contributed by atoms with van der Waals surface area (Å²) in [6.07, 6.45) is -0.561. The van der Waals surface area contributed by atoms with Crippen LogP contribution in [0, 0.1) is 5.92 Å². The van der Waals surface area contributed by atoms with E-state index in [9.17, 15) is 80.0 Å². The number of ether oxygens (including phenoxy) is 2. The van der Waals surface area contributed by atoms with E-state index in [4.69, 9.17) is 13.7 Å². The van der Waals surface area contributed by atoms with Crippen LogP contribution < -0.4 is 105 Å². The van der Waals surface area contributed by atoms with E-state index < -0.39 is 189 Å². The number of hydrogen-bond donors (Lipinski definition) is 13. The second-order valence-corrected chi connectivity index (χ2v) is 31.0. The fourth-order valence-electron chi connectivity index (χ4n) is 15.0. The molecule has 4 saturated heterocycles. The minimum atomic E-state index is -2.22. The zero-order valence-electron chi connectivity index (χ0n) is 65.3. The van der Waals surface area contributed by atoms with Gasteiger partial charge in [0.15, 0.2) is 17.5 Å². The summed E-state index contributed by atoms with van der Waals surface area (Å²) >= 11 is 1.29. The third-order valence-corrected chi connectivity index (χ3v) is 22.6. The van der Waals surface area contributed by atoms with Crippen molar-refractivity contribution in [3.63, 3.8) is 0 Å². The number of benzene rings is 3. The minimum Gasteiger partial charge on any atom is -0.691 e. The van der Waals surface area contributed by atoms with Crippen molar-refractivity contribution >= 4 is 76.9 Å². The van der Waals surface area contributed by atoms with Gasteiger partial charge in [0.1, 0.15) is 52.0 Å². The summed E-state index contributed by atoms with van der Waals surface area (Å²) in [5, 5.41) is 140. The molecule has 4 aromatic rings. The van der Waals surface area contributed by atoms with Crippen molar-refractivity contribution in [2.75, 3.05) is 59.6 Å². The van der Waals surface area contributed by atoms with Gasteiger partial charge < -0.3 is 111 Å². The number of carbonyl (C=O) groups is 9. The summed E-state index contributed by atoms with van der Waals surface area (Å²) in [7, 11) is 1.69. The number of aromatic nitrogens is 2. The number of aliphatic carboxylic acids is 2. The molecule has 13 N–H and O–H groups in total. The number of β-amino-alcohol motifs (C(OH)–C–C–N with tert-alkyl or cyclic N) is 1. The fraction of sp³-hybridized carbons (Fsp3) is 0.618. The number of nitrogens with zero attached hydrogens (tertiary/aromatic N) is 5. The van der Waals surface area contributed by atoms with Crippen LogP contribution in [0.25, 0.3) is 21.1 Å². The summed E-state index contributed by atoms with van der Waals surface area (Å²) in [5.74, 6) is -11.4. The Morgan fingerprint density at radius 1 is 0.702 bits per heavy atom. The quantitative estimate of drug-likeness (QED) is 0.00513. The first-order valence-corrected chi connectivity index (χ1v) is 40.0. The average Bonchev–Trinajstić information content (AvgIpc) is 1.69. The van der Waals surface area contributed by atoms with Crippen molar-refractivity contribution in [1.29, 1.82) is 0 Å². The third kappa shape index (κ3) is 28.2. The van der Waals surface area contributed by atoms with E-state index in [1.54, 1.807) is 19.2 Å². The van der Waals surface area contributed by atoms with E-state index in [1.807, 2.05) is 24.3 Å². The molecule has 0 saturated carbocycles. The molecule has 0 bridgehead atoms. The number of phenolic OH excluding ortho intramolecular Hbond substituents is 1. The van der Waals surface area contributed by atoms with Crippen LogP contribution >= 0.6 is 23.7 Å². The van der Waals surface area contributed by atoms with Gasteiger partial charge in [-0.3, -0.25) is 38.6 Å². The number of unbranched alkanes of at least 4 members (excludes halogenated alkanes) is 9. The normalized spacial score (nSPS) is 25.0. The molecule has 114 heavy (non-hydrogen) atoms. The van der Waals surface area contributed by atoms with Crippen LogP contribution in [0.1, 0.15) is 165 Å². The van der Waals surface area contributed by atoms with Gasteiger partial charge in [-0.25, -0.2) is 4.79 Å². The number of aliphatic hydroxyl groups excluding tert-OH is 6. The first-order valence-electron chi connectivity index (χ1n) is 38.5. The molecule has 4 fully saturated rings. The van der Waals surface area contributed by atoms with Crippen molar-refractivity contribution < 1.29 is 181 Å². The number of nitrogens with one attached hydrogen (secondary N) is 5. The standard InChI is InChI=1S/C76H108N10O24S2.2Na/c1-45-43-85-65(66(45)95)71(100)77-42-51(88)40-54(78-67(96)48-23-25-49(26-24-48)72-82-83-73(111-72)50-27-29-53(30-28-50)107-37-19-13-7-12-18-36-106-3)68(97)79-62(46(2)87)74(101)84-44-52(89)41-55(84)69(98)80-63(59(92)38-47-22-31-57(90)60(39-47)108-112-110-109-105)70(99)81-64(75(85)102)58(91)32-35-86(33-16-10-5-4-9-15-21-61(93)94)34-17-11-6-8-14-20-56(86)76(103)104;;/h22-31,39,45-46,51-52,54-56,58-59,62-66,87-89,91-92,95H,4-21,32-38,40-44H2,1-3H3,(H8-,77,78,79,80,81,90,93,94,96,97,98,99,100,103,104,105);;/q;2*+1/p-1/t45-,46-,51+,52-,54+,55+,56?,58-,59-,62+,63+,64+,65+,66+,86?;;/m1../s1. The molecule has 34 nitrogen and oxygen atoms in total. The van der Waals surface area contributed by atoms with Gasteiger partial charge in [-0.05, 0) is 119 Å². The summed E-state index contributed by atoms with van der Waals surface area (Å²) in [4.78, 5) is 131. The molecular formula is C76H107N10Na2O24S2+. The molecule has 5 heterocycles. The van der Waals surface area contributed by atoms with E-state index in [0.717, 1.165) is 92.4 Å². The second kappa shape index (κ2) is 48.6. The van der Waals surface area contributed by atoms with Crippen LogP contribution in [0.15, 0.2) is 66.7 Å². The van der Waals surface area contributed by atoms with Crippen molar-refractivity contribution in [3.8, 4) is 38.4 Å². The number of carbonyl (C=O) groups excluding carboxylic acids is 8. The predicted molar refractivity (Wildman–Crippen MR) is 401 cm³/mol. The Hall–Kier alpha value is -6.24. The number of rotatable bonds is 35. The van der Waals surface area contributed by atoms with E-state index in [2.05, 4.69) is 46.2 Å². The minimum absolute atomic E-state index is 0. The number of carboxylic acids is 2. The largest absolute Gasteiger partial charge is 1.00 e. The van der Waals surface area contributed by atoms with E-state index >= 15 is 14.4 Å². The van der Waals surface area contributed by atoms with E-state index in [0.29, 0.717) is 92.4 Å². The van der Waals surface area contributed by atoms with Gasteiger partial charge >= 0.3 is 65.1 Å². The van der Waals surface area contributed by atoms with Crippen molar-refractivity contribution in [2.45, 2.75) is 234 Å². The van der Waals surface area contributed by atoms with Crippen molar-refractivity contribution in [2.24, 2.45) is 5.92 Å². The van der Waals surface area contributed by atoms with Crippen LogP contribution in [-0.4, -0.2) is 257 Å². The molecule has 0 spiro atoms. The smallest absolute Gasteiger partial charge is 0.691 e. The zero-order valence-corrected chi connectivity index (χ0v) is 70.9. The Labute approximate surface area is 714 Å². The maximum absolute atomic E-state index is 15.7. The number of carboxylic acid groups (broad SMARTS) is 2. The number of aliphatic hydroxyl groups is 6. The SMILES string of the molecule is COCCCCCCCOc1ccc(-c2nnc(-c3ccc(C(=O)N[C@H]4C[C@H](O)CNC(=O)[C@@H]5[C@@H](O)[C@H](C)CN5C(=O)[C@H]([C@H](O)CC[N+]5(CCCCCCCCC(=O)[O-])CCCCCCCC5C(=O)O)NC(=O)[C@H]([C@H](O)Cc5ccc(O)c(OSOO[O-])c5)NC(=O)[C@@H]5C[C@@H](O)CN5C(=O)[C@H]([C@@H](C)O)NC4=O)cc3)s2)cc1.[Na+].[Na+]. The Morgan fingerprint density at radius 2 is 1.32 bits per heavy atom. The molecule has 0 aliphatic carbocycles. The molecule has 15 atom stereocenters. The predicted octanol–water partition coefficient (Wildman–Crippen LogP) is -4.83. The van der Waals surface area contributed by atoms with Crippen LogP contribution in [0.2, 0.25) is 0 Å². The Morgan fingerprint density at radius 3 is 1.97 bits per heavy atom. The molecule has 8 rings (SSSR count). The maximum atomic E-state index is 15.7. The first kappa shape index (κ1) is 96.6. The molecule has 0 radical (unpaired) electrons. The number of methoxy groups -OCH3 is 1. The number of aromatic hydroxyl groups is 1.